The molecule has 0 radical (unpaired) electrons. The Labute approximate surface area is 206 Å². The van der Waals surface area contributed by atoms with Crippen LogP contribution < -0.4 is 0 Å². The van der Waals surface area contributed by atoms with E-state index in [0.29, 0.717) is 12.4 Å². The van der Waals surface area contributed by atoms with E-state index in [2.05, 4.69) is 86.7 Å². The first-order valence-corrected chi connectivity index (χ1v) is 12.6. The van der Waals surface area contributed by atoms with Crippen molar-refractivity contribution in [2.45, 2.75) is 38.3 Å². The van der Waals surface area contributed by atoms with Gasteiger partial charge in [-0.1, -0.05) is 67.1 Å². The smallest absolute Gasteiger partial charge is 0.178 e. The van der Waals surface area contributed by atoms with Gasteiger partial charge in [0.05, 0.1) is 12.6 Å². The molecule has 2 aliphatic rings. The third-order valence-electron chi connectivity index (χ3n) is 7.11. The third-order valence-corrected chi connectivity index (χ3v) is 7.11. The molecule has 35 heavy (non-hydrogen) atoms. The second-order valence-electron chi connectivity index (χ2n) is 9.37. The zero-order valence-corrected chi connectivity index (χ0v) is 20.1. The Kier molecular flexibility index (Phi) is 7.22. The van der Waals surface area contributed by atoms with Gasteiger partial charge in [0.15, 0.2) is 5.82 Å². The monoisotopic (exact) mass is 468 g/mol. The maximum atomic E-state index is 11.0. The minimum absolute atomic E-state index is 0.0862. The van der Waals surface area contributed by atoms with E-state index in [1.807, 2.05) is 4.57 Å². The highest BCUT2D eigenvalue weighted by Gasteiger charge is 2.28. The molecule has 0 unspecified atom stereocenters. The van der Waals surface area contributed by atoms with Gasteiger partial charge in [0.25, 0.3) is 0 Å². The van der Waals surface area contributed by atoms with Crippen LogP contribution in [0.4, 0.5) is 0 Å². The molecule has 3 aromatic rings. The van der Waals surface area contributed by atoms with Gasteiger partial charge in [0.1, 0.15) is 23.2 Å². The molecule has 1 saturated heterocycles. The summed E-state index contributed by atoms with van der Waals surface area (Å²) < 4.78 is 2.02. The minimum Gasteiger partial charge on any atom is -0.509 e. The average molecular weight is 469 g/mol. The van der Waals surface area contributed by atoms with Gasteiger partial charge in [-0.25, -0.2) is 0 Å². The van der Waals surface area contributed by atoms with Crippen molar-refractivity contribution >= 4 is 5.57 Å². The Morgan fingerprint density at radius 1 is 0.857 bits per heavy atom. The molecule has 0 saturated carbocycles. The summed E-state index contributed by atoms with van der Waals surface area (Å²) in [6.45, 7) is 4.54. The number of fused-ring (bicyclic) bond motifs is 1. The van der Waals surface area contributed by atoms with E-state index < -0.39 is 0 Å². The van der Waals surface area contributed by atoms with E-state index >= 15 is 0 Å². The number of benzene rings is 2. The Morgan fingerprint density at radius 2 is 1.51 bits per heavy atom. The molecule has 0 aliphatic carbocycles. The molecule has 0 atom stereocenters. The molecule has 0 bridgehead atoms. The molecule has 3 heterocycles. The van der Waals surface area contributed by atoms with Crippen molar-refractivity contribution in [1.82, 2.24) is 24.6 Å². The highest BCUT2D eigenvalue weighted by molar-refractivity contribution is 5.74. The van der Waals surface area contributed by atoms with Crippen LogP contribution in [0.2, 0.25) is 0 Å². The molecule has 1 aromatic heterocycles. The molecule has 0 amide bonds. The molecule has 2 aliphatic heterocycles. The highest BCUT2D eigenvalue weighted by atomic mass is 16.3. The first kappa shape index (κ1) is 23.3. The van der Waals surface area contributed by atoms with Crippen molar-refractivity contribution in [3.05, 3.63) is 89.2 Å². The number of hydrogen-bond donors (Lipinski definition) is 1. The van der Waals surface area contributed by atoms with E-state index in [4.69, 9.17) is 0 Å². The Bertz CT molecular complexity index is 1150. The number of hydrogen-bond acceptors (Lipinski definition) is 6. The van der Waals surface area contributed by atoms with Crippen LogP contribution in [-0.4, -0.2) is 62.4 Å². The number of piperazine rings is 1. The number of aliphatic hydroxyl groups is 1. The molecule has 7 nitrogen and oxygen atoms in total. The standard InChI is InChI=1S/C28H32N6O/c29-20-24(28-31-30-26-14-8-3-9-15-34(26)28)25(35)21-32-16-18-33(19-17-32)27(22-10-4-1-5-11-22)23-12-6-2-7-13-23/h1-2,4-7,10-13,27,35H,3,8-9,14-19,21H2/b25-24-. The molecule has 180 valence electrons. The predicted molar refractivity (Wildman–Crippen MR) is 135 cm³/mol. The average Bonchev–Trinajstić information content (AvgIpc) is 3.14. The van der Waals surface area contributed by atoms with E-state index in [0.717, 1.165) is 64.2 Å². The van der Waals surface area contributed by atoms with Gasteiger partial charge in [-0.2, -0.15) is 5.26 Å². The van der Waals surface area contributed by atoms with E-state index in [1.54, 1.807) is 0 Å². The summed E-state index contributed by atoms with van der Waals surface area (Å²) in [4.78, 5) is 4.72. The van der Waals surface area contributed by atoms with Crippen molar-refractivity contribution in [2.24, 2.45) is 0 Å². The van der Waals surface area contributed by atoms with Crippen LogP contribution in [0.1, 0.15) is 48.1 Å². The van der Waals surface area contributed by atoms with Gasteiger partial charge in [-0.05, 0) is 24.0 Å². The molecule has 1 N–H and O–H groups in total. The second-order valence-corrected chi connectivity index (χ2v) is 9.37. The fourth-order valence-electron chi connectivity index (χ4n) is 5.27. The summed E-state index contributed by atoms with van der Waals surface area (Å²) in [6, 6.07) is 23.7. The van der Waals surface area contributed by atoms with Gasteiger partial charge in [0.2, 0.25) is 0 Å². The summed E-state index contributed by atoms with van der Waals surface area (Å²) in [5.74, 6) is 1.51. The first-order valence-electron chi connectivity index (χ1n) is 12.6. The van der Waals surface area contributed by atoms with Crippen molar-refractivity contribution < 1.29 is 5.11 Å². The summed E-state index contributed by atoms with van der Waals surface area (Å²) in [6.07, 6.45) is 4.16. The van der Waals surface area contributed by atoms with Crippen molar-refractivity contribution in [3.63, 3.8) is 0 Å². The lowest BCUT2D eigenvalue weighted by Gasteiger charge is -2.39. The maximum Gasteiger partial charge on any atom is 0.178 e. The number of aromatic nitrogens is 3. The number of rotatable bonds is 6. The van der Waals surface area contributed by atoms with Crippen molar-refractivity contribution in [1.29, 1.82) is 5.26 Å². The van der Waals surface area contributed by atoms with Gasteiger partial charge in [0, 0.05) is 39.1 Å². The van der Waals surface area contributed by atoms with Crippen LogP contribution >= 0.6 is 0 Å². The van der Waals surface area contributed by atoms with Crippen LogP contribution in [0.5, 0.6) is 0 Å². The predicted octanol–water partition coefficient (Wildman–Crippen LogP) is 4.20. The fourth-order valence-corrected chi connectivity index (χ4v) is 5.27. The van der Waals surface area contributed by atoms with Crippen LogP contribution in [0, 0.1) is 11.3 Å². The second kappa shape index (κ2) is 10.9. The molecule has 1 fully saturated rings. The molecule has 0 spiro atoms. The van der Waals surface area contributed by atoms with E-state index in [-0.39, 0.29) is 17.4 Å². The third kappa shape index (κ3) is 5.14. The van der Waals surface area contributed by atoms with Crippen LogP contribution in [0.25, 0.3) is 5.57 Å². The number of allylic oxidation sites excluding steroid dienone is 1. The van der Waals surface area contributed by atoms with Gasteiger partial charge in [-0.3, -0.25) is 9.80 Å². The minimum atomic E-state index is 0.0862. The van der Waals surface area contributed by atoms with E-state index in [9.17, 15) is 10.4 Å². The summed E-state index contributed by atoms with van der Waals surface area (Å²) in [5, 5.41) is 29.4. The highest BCUT2D eigenvalue weighted by Crippen LogP contribution is 2.30. The van der Waals surface area contributed by atoms with Gasteiger partial charge in [-0.15, -0.1) is 10.2 Å². The molecule has 7 heteroatoms. The van der Waals surface area contributed by atoms with Crippen molar-refractivity contribution in [3.8, 4) is 6.07 Å². The quantitative estimate of drug-likeness (QED) is 0.431. The van der Waals surface area contributed by atoms with E-state index in [1.165, 1.54) is 11.1 Å². The lowest BCUT2D eigenvalue weighted by atomic mass is 9.96. The maximum absolute atomic E-state index is 11.0. The van der Waals surface area contributed by atoms with Gasteiger partial charge < -0.3 is 9.67 Å². The topological polar surface area (TPSA) is 81.2 Å². The summed E-state index contributed by atoms with van der Waals surface area (Å²) in [5.41, 5.74) is 2.82. The number of nitriles is 1. The normalized spacial score (nSPS) is 17.9. The van der Waals surface area contributed by atoms with Gasteiger partial charge >= 0.3 is 0 Å². The summed E-state index contributed by atoms with van der Waals surface area (Å²) >= 11 is 0. The number of aryl methyl sites for hydroxylation is 1. The molecule has 5 rings (SSSR count). The Hall–Kier alpha value is -3.47. The zero-order valence-electron chi connectivity index (χ0n) is 20.1. The Morgan fingerprint density at radius 3 is 2.14 bits per heavy atom. The van der Waals surface area contributed by atoms with Crippen LogP contribution in [0.3, 0.4) is 0 Å². The zero-order chi connectivity index (χ0) is 24.0. The number of aliphatic hydroxyl groups excluding tert-OH is 1. The largest absolute Gasteiger partial charge is 0.509 e. The SMILES string of the molecule is N#C/C(=C(/O)CN1CCN(C(c2ccccc2)c2ccccc2)CC1)c1nnc2n1CCCCC2. The lowest BCUT2D eigenvalue weighted by molar-refractivity contribution is 0.108. The lowest BCUT2D eigenvalue weighted by Crippen LogP contribution is -2.48. The summed E-state index contributed by atoms with van der Waals surface area (Å²) in [7, 11) is 0. The molecular weight excluding hydrogens is 436 g/mol. The van der Waals surface area contributed by atoms with Crippen LogP contribution in [-0.2, 0) is 13.0 Å². The number of nitrogens with zero attached hydrogens (tertiary/aromatic N) is 6. The van der Waals surface area contributed by atoms with Crippen LogP contribution in [0.15, 0.2) is 66.4 Å². The first-order chi connectivity index (χ1) is 17.2. The molecular formula is C28H32N6O. The molecule has 2 aromatic carbocycles. The van der Waals surface area contributed by atoms with Crippen molar-refractivity contribution in [2.75, 3.05) is 32.7 Å². The fraction of sp³-hybridized carbons (Fsp3) is 0.393. The Balaban J connectivity index is 1.30.